The number of aromatic nitrogens is 1. The van der Waals surface area contributed by atoms with Crippen molar-refractivity contribution in [3.8, 4) is 6.07 Å². The summed E-state index contributed by atoms with van der Waals surface area (Å²) in [5, 5.41) is 8.56. The monoisotopic (exact) mass is 188 g/mol. The SMILES string of the molecule is CC(C)=CCn1ccc(C#N)cc1=O. The highest BCUT2D eigenvalue weighted by atomic mass is 16.1. The molecule has 0 aromatic carbocycles. The first-order valence-electron chi connectivity index (χ1n) is 4.37. The molecule has 0 N–H and O–H groups in total. The summed E-state index contributed by atoms with van der Waals surface area (Å²) >= 11 is 0. The summed E-state index contributed by atoms with van der Waals surface area (Å²) in [7, 11) is 0. The second kappa shape index (κ2) is 4.43. The second-order valence-electron chi connectivity index (χ2n) is 3.30. The van der Waals surface area contributed by atoms with Crippen molar-refractivity contribution >= 4 is 0 Å². The normalized spacial score (nSPS) is 9.21. The molecule has 3 heteroatoms. The minimum atomic E-state index is -0.137. The number of rotatable bonds is 2. The topological polar surface area (TPSA) is 45.8 Å². The molecular weight excluding hydrogens is 176 g/mol. The maximum Gasteiger partial charge on any atom is 0.252 e. The quantitative estimate of drug-likeness (QED) is 0.663. The molecule has 0 saturated heterocycles. The number of allylic oxidation sites excluding steroid dienone is 2. The Balaban J connectivity index is 2.97. The highest BCUT2D eigenvalue weighted by molar-refractivity contribution is 5.25. The van der Waals surface area contributed by atoms with E-state index in [1.54, 1.807) is 16.8 Å². The Morgan fingerprint density at radius 2 is 2.36 bits per heavy atom. The predicted octanol–water partition coefficient (Wildman–Crippen LogP) is 1.69. The van der Waals surface area contributed by atoms with Gasteiger partial charge in [0.15, 0.2) is 0 Å². The van der Waals surface area contributed by atoms with E-state index in [2.05, 4.69) is 0 Å². The van der Waals surface area contributed by atoms with Gasteiger partial charge in [-0.25, -0.2) is 0 Å². The largest absolute Gasteiger partial charge is 0.312 e. The Bertz CT molecular complexity index is 445. The van der Waals surface area contributed by atoms with Crippen molar-refractivity contribution in [1.29, 1.82) is 5.26 Å². The minimum Gasteiger partial charge on any atom is -0.312 e. The molecule has 1 aromatic heterocycles. The third-order valence-corrected chi connectivity index (χ3v) is 1.82. The first kappa shape index (κ1) is 10.3. The van der Waals surface area contributed by atoms with Crippen LogP contribution in [0.3, 0.4) is 0 Å². The molecule has 0 aliphatic heterocycles. The molecule has 3 nitrogen and oxygen atoms in total. The van der Waals surface area contributed by atoms with E-state index in [0.29, 0.717) is 12.1 Å². The molecular formula is C11H12N2O. The molecule has 0 spiro atoms. The zero-order chi connectivity index (χ0) is 10.6. The summed E-state index contributed by atoms with van der Waals surface area (Å²) in [6, 6.07) is 4.92. The standard InChI is InChI=1S/C11H12N2O/c1-9(2)3-5-13-6-4-10(8-12)7-11(13)14/h3-4,6-7H,5H2,1-2H3. The molecule has 72 valence electrons. The van der Waals surface area contributed by atoms with Crippen molar-refractivity contribution in [2.24, 2.45) is 0 Å². The fourth-order valence-electron chi connectivity index (χ4n) is 1.01. The second-order valence-corrected chi connectivity index (χ2v) is 3.30. The van der Waals surface area contributed by atoms with Gasteiger partial charge < -0.3 is 4.57 Å². The number of pyridine rings is 1. The van der Waals surface area contributed by atoms with Gasteiger partial charge in [-0.2, -0.15) is 5.26 Å². The summed E-state index contributed by atoms with van der Waals surface area (Å²) in [6.45, 7) is 4.52. The van der Waals surface area contributed by atoms with Gasteiger partial charge >= 0.3 is 0 Å². The van der Waals surface area contributed by atoms with Gasteiger partial charge in [-0.05, 0) is 19.9 Å². The highest BCUT2D eigenvalue weighted by Crippen LogP contribution is 1.94. The van der Waals surface area contributed by atoms with Crippen LogP contribution in [-0.2, 0) is 6.54 Å². The van der Waals surface area contributed by atoms with Gasteiger partial charge in [0.1, 0.15) is 0 Å². The Labute approximate surface area is 82.9 Å². The van der Waals surface area contributed by atoms with Crippen LogP contribution in [0.15, 0.2) is 34.8 Å². The lowest BCUT2D eigenvalue weighted by Crippen LogP contribution is -2.17. The summed E-state index contributed by atoms with van der Waals surface area (Å²) in [5.41, 5.74) is 1.44. The molecule has 0 fully saturated rings. The van der Waals surface area contributed by atoms with Gasteiger partial charge in [-0.1, -0.05) is 11.6 Å². The smallest absolute Gasteiger partial charge is 0.252 e. The van der Waals surface area contributed by atoms with Crippen molar-refractivity contribution < 1.29 is 0 Å². The molecule has 1 rings (SSSR count). The van der Waals surface area contributed by atoms with E-state index in [-0.39, 0.29) is 5.56 Å². The van der Waals surface area contributed by atoms with E-state index in [0.717, 1.165) is 0 Å². The van der Waals surface area contributed by atoms with Crippen LogP contribution in [0.4, 0.5) is 0 Å². The van der Waals surface area contributed by atoms with Gasteiger partial charge in [0.25, 0.3) is 5.56 Å². The minimum absolute atomic E-state index is 0.137. The summed E-state index contributed by atoms with van der Waals surface area (Å²) in [5.74, 6) is 0. The van der Waals surface area contributed by atoms with E-state index in [1.807, 2.05) is 26.0 Å². The molecule has 1 heterocycles. The zero-order valence-corrected chi connectivity index (χ0v) is 8.32. The van der Waals surface area contributed by atoms with E-state index < -0.39 is 0 Å². The number of nitriles is 1. The maximum atomic E-state index is 11.4. The molecule has 0 atom stereocenters. The van der Waals surface area contributed by atoms with Crippen molar-refractivity contribution in [1.82, 2.24) is 4.57 Å². The fourth-order valence-corrected chi connectivity index (χ4v) is 1.01. The maximum absolute atomic E-state index is 11.4. The van der Waals surface area contributed by atoms with Crippen molar-refractivity contribution in [2.45, 2.75) is 20.4 Å². The third kappa shape index (κ3) is 2.60. The molecule has 0 aliphatic rings. The van der Waals surface area contributed by atoms with Crippen LogP contribution >= 0.6 is 0 Å². The lowest BCUT2D eigenvalue weighted by Gasteiger charge is -2.01. The van der Waals surface area contributed by atoms with Crippen LogP contribution < -0.4 is 5.56 Å². The van der Waals surface area contributed by atoms with Crippen LogP contribution in [0, 0.1) is 11.3 Å². The zero-order valence-electron chi connectivity index (χ0n) is 8.32. The Morgan fingerprint density at radius 3 is 2.86 bits per heavy atom. The molecule has 1 aromatic rings. The number of nitrogens with zero attached hydrogens (tertiary/aromatic N) is 2. The van der Waals surface area contributed by atoms with Crippen LogP contribution in [0.2, 0.25) is 0 Å². The van der Waals surface area contributed by atoms with Gasteiger partial charge in [-0.3, -0.25) is 4.79 Å². The Kier molecular flexibility index (Phi) is 3.24. The fraction of sp³-hybridized carbons (Fsp3) is 0.273. The van der Waals surface area contributed by atoms with Crippen LogP contribution in [0.5, 0.6) is 0 Å². The molecule has 0 saturated carbocycles. The first-order chi connectivity index (χ1) is 6.63. The van der Waals surface area contributed by atoms with Crippen molar-refractivity contribution in [3.05, 3.63) is 45.9 Å². The third-order valence-electron chi connectivity index (χ3n) is 1.82. The number of hydrogen-bond donors (Lipinski definition) is 0. The van der Waals surface area contributed by atoms with Crippen LogP contribution in [0.25, 0.3) is 0 Å². The Morgan fingerprint density at radius 1 is 1.64 bits per heavy atom. The molecule has 0 aliphatic carbocycles. The molecule has 0 bridgehead atoms. The van der Waals surface area contributed by atoms with E-state index in [9.17, 15) is 4.79 Å². The first-order valence-corrected chi connectivity index (χ1v) is 4.37. The summed E-state index contributed by atoms with van der Waals surface area (Å²) < 4.78 is 1.56. The van der Waals surface area contributed by atoms with E-state index >= 15 is 0 Å². The molecule has 0 radical (unpaired) electrons. The van der Waals surface area contributed by atoms with Gasteiger partial charge in [0, 0.05) is 18.8 Å². The number of hydrogen-bond acceptors (Lipinski definition) is 2. The van der Waals surface area contributed by atoms with Gasteiger partial charge in [-0.15, -0.1) is 0 Å². The van der Waals surface area contributed by atoms with Gasteiger partial charge in [0.05, 0.1) is 11.6 Å². The Hall–Kier alpha value is -1.82. The van der Waals surface area contributed by atoms with E-state index in [1.165, 1.54) is 11.6 Å². The highest BCUT2D eigenvalue weighted by Gasteiger charge is 1.95. The van der Waals surface area contributed by atoms with Gasteiger partial charge in [0.2, 0.25) is 0 Å². The molecule has 14 heavy (non-hydrogen) atoms. The lowest BCUT2D eigenvalue weighted by molar-refractivity contribution is 0.773. The van der Waals surface area contributed by atoms with Crippen LogP contribution in [-0.4, -0.2) is 4.57 Å². The van der Waals surface area contributed by atoms with E-state index in [4.69, 9.17) is 5.26 Å². The van der Waals surface area contributed by atoms with Crippen molar-refractivity contribution in [3.63, 3.8) is 0 Å². The molecule has 0 unspecified atom stereocenters. The molecule has 0 amide bonds. The predicted molar refractivity (Wildman–Crippen MR) is 54.8 cm³/mol. The summed E-state index contributed by atoms with van der Waals surface area (Å²) in [6.07, 6.45) is 3.60. The van der Waals surface area contributed by atoms with Crippen molar-refractivity contribution in [2.75, 3.05) is 0 Å². The average Bonchev–Trinajstić information content (AvgIpc) is 2.15. The average molecular weight is 188 g/mol. The van der Waals surface area contributed by atoms with Crippen LogP contribution in [0.1, 0.15) is 19.4 Å². The summed E-state index contributed by atoms with van der Waals surface area (Å²) in [4.78, 5) is 11.4. The lowest BCUT2D eigenvalue weighted by atomic mass is 10.3.